The van der Waals surface area contributed by atoms with Gasteiger partial charge in [-0.3, -0.25) is 9.59 Å². The average Bonchev–Trinajstić information content (AvgIpc) is 3.38. The zero-order valence-corrected chi connectivity index (χ0v) is 18.1. The Balaban J connectivity index is 1.44. The van der Waals surface area contributed by atoms with Crippen molar-refractivity contribution in [3.63, 3.8) is 0 Å². The molecule has 7 heteroatoms. The van der Waals surface area contributed by atoms with E-state index in [1.165, 1.54) is 0 Å². The highest BCUT2D eigenvalue weighted by molar-refractivity contribution is 7.92. The van der Waals surface area contributed by atoms with Gasteiger partial charge in [0.2, 0.25) is 11.8 Å². The van der Waals surface area contributed by atoms with Gasteiger partial charge in [0.25, 0.3) is 0 Å². The Morgan fingerprint density at radius 3 is 2.43 bits per heavy atom. The molecule has 2 atom stereocenters. The monoisotopic (exact) mass is 426 g/mol. The van der Waals surface area contributed by atoms with Crippen molar-refractivity contribution >= 4 is 27.3 Å². The van der Waals surface area contributed by atoms with E-state index in [4.69, 9.17) is 0 Å². The minimum atomic E-state index is -3.47. The first kappa shape index (κ1) is 20.6. The van der Waals surface area contributed by atoms with Gasteiger partial charge in [0.1, 0.15) is 0 Å². The summed E-state index contributed by atoms with van der Waals surface area (Å²) in [4.78, 5) is 29.2. The molecule has 2 heterocycles. The molecule has 0 bridgehead atoms. The molecule has 0 N–H and O–H groups in total. The lowest BCUT2D eigenvalue weighted by atomic mass is 10.1. The van der Waals surface area contributed by atoms with Crippen molar-refractivity contribution in [3.8, 4) is 0 Å². The second-order valence-electron chi connectivity index (χ2n) is 8.23. The molecule has 0 aromatic heterocycles. The second-order valence-corrected chi connectivity index (χ2v) is 10.5. The fourth-order valence-corrected chi connectivity index (χ4v) is 5.97. The third-order valence-electron chi connectivity index (χ3n) is 6.24. The largest absolute Gasteiger partial charge is 0.341 e. The molecule has 0 radical (unpaired) electrons. The molecular weight excluding hydrogens is 400 g/mol. The van der Waals surface area contributed by atoms with Gasteiger partial charge in [-0.1, -0.05) is 24.3 Å². The van der Waals surface area contributed by atoms with Gasteiger partial charge in [0, 0.05) is 31.7 Å². The Morgan fingerprint density at radius 1 is 1.00 bits per heavy atom. The molecule has 2 amide bonds. The number of carbonyl (C=O) groups is 2. The number of benzene rings is 2. The highest BCUT2D eigenvalue weighted by atomic mass is 32.2. The highest BCUT2D eigenvalue weighted by Crippen LogP contribution is 2.30. The van der Waals surface area contributed by atoms with E-state index in [-0.39, 0.29) is 24.8 Å². The van der Waals surface area contributed by atoms with Crippen LogP contribution in [0.3, 0.4) is 0 Å². The fourth-order valence-electron chi connectivity index (χ4n) is 4.26. The summed E-state index contributed by atoms with van der Waals surface area (Å²) in [5.74, 6) is -0.623. The van der Waals surface area contributed by atoms with Crippen molar-refractivity contribution in [2.75, 3.05) is 24.5 Å². The molecule has 2 aromatic carbocycles. The van der Waals surface area contributed by atoms with Crippen molar-refractivity contribution < 1.29 is 18.0 Å². The van der Waals surface area contributed by atoms with Crippen molar-refractivity contribution in [2.45, 2.75) is 36.8 Å². The number of rotatable bonds is 4. The average molecular weight is 427 g/mol. The molecule has 158 valence electrons. The SMILES string of the molecule is Cc1ccc(N2CC(C(=O)N3CCC(S(=O)(=O)c4ccccc4)C3)CC2=O)cc1C. The van der Waals surface area contributed by atoms with E-state index in [1.54, 1.807) is 40.1 Å². The van der Waals surface area contributed by atoms with E-state index in [2.05, 4.69) is 0 Å². The Labute approximate surface area is 177 Å². The lowest BCUT2D eigenvalue weighted by Gasteiger charge is -2.21. The van der Waals surface area contributed by atoms with Crippen LogP contribution in [0.1, 0.15) is 24.0 Å². The first-order valence-corrected chi connectivity index (χ1v) is 11.8. The van der Waals surface area contributed by atoms with Crippen LogP contribution < -0.4 is 4.90 Å². The number of amides is 2. The lowest BCUT2D eigenvalue weighted by molar-refractivity contribution is -0.134. The first-order valence-electron chi connectivity index (χ1n) is 10.2. The molecule has 6 nitrogen and oxygen atoms in total. The smallest absolute Gasteiger partial charge is 0.228 e. The molecule has 4 rings (SSSR count). The van der Waals surface area contributed by atoms with E-state index in [1.807, 2.05) is 32.0 Å². The Bertz CT molecular complexity index is 1080. The van der Waals surface area contributed by atoms with E-state index in [9.17, 15) is 18.0 Å². The standard InChI is InChI=1S/C23H26N2O4S/c1-16-8-9-19(12-17(16)2)25-14-18(13-22(25)26)23(27)24-11-10-21(15-24)30(28,29)20-6-4-3-5-7-20/h3-9,12,18,21H,10-11,13-15H2,1-2H3. The van der Waals surface area contributed by atoms with Crippen LogP contribution in [0.4, 0.5) is 5.69 Å². The van der Waals surface area contributed by atoms with Gasteiger partial charge in [-0.15, -0.1) is 0 Å². The number of carbonyl (C=O) groups excluding carboxylic acids is 2. The van der Waals surface area contributed by atoms with Crippen molar-refractivity contribution in [1.82, 2.24) is 4.90 Å². The summed E-state index contributed by atoms with van der Waals surface area (Å²) in [6.07, 6.45) is 0.586. The van der Waals surface area contributed by atoms with E-state index in [0.29, 0.717) is 24.4 Å². The second kappa shape index (κ2) is 7.87. The molecule has 2 saturated heterocycles. The number of hydrogen-bond acceptors (Lipinski definition) is 4. The summed E-state index contributed by atoms with van der Waals surface area (Å²) in [5.41, 5.74) is 3.06. The zero-order chi connectivity index (χ0) is 21.5. The van der Waals surface area contributed by atoms with E-state index >= 15 is 0 Å². The van der Waals surface area contributed by atoms with Gasteiger partial charge in [0.05, 0.1) is 16.1 Å². The van der Waals surface area contributed by atoms with E-state index < -0.39 is 21.0 Å². The van der Waals surface area contributed by atoms with Crippen LogP contribution in [-0.4, -0.2) is 50.0 Å². The van der Waals surface area contributed by atoms with Crippen LogP contribution in [0.5, 0.6) is 0 Å². The zero-order valence-electron chi connectivity index (χ0n) is 17.2. The minimum absolute atomic E-state index is 0.0655. The maximum absolute atomic E-state index is 13.1. The molecule has 0 aliphatic carbocycles. The Kier molecular flexibility index (Phi) is 5.40. The molecule has 30 heavy (non-hydrogen) atoms. The van der Waals surface area contributed by atoms with Gasteiger partial charge >= 0.3 is 0 Å². The van der Waals surface area contributed by atoms with Crippen LogP contribution in [-0.2, 0) is 19.4 Å². The number of hydrogen-bond donors (Lipinski definition) is 0. The van der Waals surface area contributed by atoms with Gasteiger partial charge in [-0.25, -0.2) is 8.42 Å². The predicted molar refractivity (Wildman–Crippen MR) is 115 cm³/mol. The topological polar surface area (TPSA) is 74.8 Å². The van der Waals surface area contributed by atoms with Crippen LogP contribution in [0, 0.1) is 19.8 Å². The summed E-state index contributed by atoms with van der Waals surface area (Å²) in [7, 11) is -3.47. The van der Waals surface area contributed by atoms with Crippen LogP contribution in [0.25, 0.3) is 0 Å². The molecule has 2 aromatic rings. The van der Waals surface area contributed by atoms with Crippen LogP contribution in [0.15, 0.2) is 53.4 Å². The fraction of sp³-hybridized carbons (Fsp3) is 0.391. The summed E-state index contributed by atoms with van der Waals surface area (Å²) in [6.45, 7) is 4.95. The summed E-state index contributed by atoms with van der Waals surface area (Å²) >= 11 is 0. The maximum atomic E-state index is 13.1. The van der Waals surface area contributed by atoms with Gasteiger partial charge in [0.15, 0.2) is 9.84 Å². The summed E-state index contributed by atoms with van der Waals surface area (Å²) < 4.78 is 25.7. The van der Waals surface area contributed by atoms with Crippen molar-refractivity contribution in [2.24, 2.45) is 5.92 Å². The Morgan fingerprint density at radius 2 is 1.73 bits per heavy atom. The number of anilines is 1. The Hall–Kier alpha value is -2.67. The molecule has 0 spiro atoms. The molecule has 0 saturated carbocycles. The highest BCUT2D eigenvalue weighted by Gasteiger charge is 2.41. The quantitative estimate of drug-likeness (QED) is 0.753. The minimum Gasteiger partial charge on any atom is -0.341 e. The molecular formula is C23H26N2O4S. The van der Waals surface area contributed by atoms with Gasteiger partial charge < -0.3 is 9.80 Å². The maximum Gasteiger partial charge on any atom is 0.228 e. The van der Waals surface area contributed by atoms with Crippen LogP contribution in [0.2, 0.25) is 0 Å². The van der Waals surface area contributed by atoms with Crippen molar-refractivity contribution in [1.29, 1.82) is 0 Å². The summed E-state index contributed by atoms with van der Waals surface area (Å²) in [5, 5.41) is -0.600. The van der Waals surface area contributed by atoms with E-state index in [0.717, 1.165) is 16.8 Å². The molecule has 2 aliphatic heterocycles. The normalized spacial score (nSPS) is 22.0. The van der Waals surface area contributed by atoms with Crippen LogP contribution >= 0.6 is 0 Å². The molecule has 2 unspecified atom stereocenters. The third kappa shape index (κ3) is 3.74. The molecule has 2 aliphatic rings. The number of sulfone groups is 1. The third-order valence-corrected chi connectivity index (χ3v) is 8.44. The molecule has 2 fully saturated rings. The summed E-state index contributed by atoms with van der Waals surface area (Å²) in [6, 6.07) is 14.2. The number of likely N-dealkylation sites (tertiary alicyclic amines) is 1. The van der Waals surface area contributed by atoms with Gasteiger partial charge in [-0.05, 0) is 55.7 Å². The number of aryl methyl sites for hydroxylation is 2. The predicted octanol–water partition coefficient (Wildman–Crippen LogP) is 2.73. The lowest BCUT2D eigenvalue weighted by Crippen LogP contribution is -2.37. The van der Waals surface area contributed by atoms with Gasteiger partial charge in [-0.2, -0.15) is 0 Å². The number of nitrogens with zero attached hydrogens (tertiary/aromatic N) is 2. The van der Waals surface area contributed by atoms with Crippen molar-refractivity contribution in [3.05, 3.63) is 59.7 Å². The first-order chi connectivity index (χ1) is 14.3.